The third kappa shape index (κ3) is 4.47. The maximum Gasteiger partial charge on any atom is 0.295 e. The average molecular weight is 334 g/mol. The molecule has 0 heterocycles. The van der Waals surface area contributed by atoms with Crippen LogP contribution in [0, 0.1) is 15.9 Å². The largest absolute Gasteiger partial charge is 0.371 e. The number of hydrogen-bond acceptors (Lipinski definition) is 4. The second-order valence-electron chi connectivity index (χ2n) is 4.12. The molecule has 1 rings (SSSR count). The van der Waals surface area contributed by atoms with E-state index >= 15 is 0 Å². The average Bonchev–Trinajstić information content (AvgIpc) is 2.29. The molecule has 0 saturated carbocycles. The molecule has 1 aromatic carbocycles. The molecule has 2 N–H and O–H groups in total. The van der Waals surface area contributed by atoms with Crippen LogP contribution in [0.2, 0.25) is 0 Å². The molecule has 8 heteroatoms. The number of halogens is 2. The molecule has 0 fully saturated rings. The van der Waals surface area contributed by atoms with E-state index in [2.05, 4.69) is 26.6 Å². The Bertz CT molecular complexity index is 508. The lowest BCUT2D eigenvalue weighted by Crippen LogP contribution is -2.34. The summed E-state index contributed by atoms with van der Waals surface area (Å²) < 4.78 is 13.3. The zero-order valence-electron chi connectivity index (χ0n) is 10.4. The van der Waals surface area contributed by atoms with Gasteiger partial charge in [0.25, 0.3) is 5.69 Å². The molecule has 0 aliphatic carbocycles. The second-order valence-corrected chi connectivity index (χ2v) is 4.97. The van der Waals surface area contributed by atoms with E-state index < -0.39 is 16.4 Å². The summed E-state index contributed by atoms with van der Waals surface area (Å²) >= 11 is 2.94. The minimum absolute atomic E-state index is 0.0239. The number of nitro benzene ring substituents is 1. The first-order valence-corrected chi connectivity index (χ1v) is 6.27. The monoisotopic (exact) mass is 333 g/mol. The predicted octanol–water partition coefficient (Wildman–Crippen LogP) is 2.43. The van der Waals surface area contributed by atoms with Crippen molar-refractivity contribution in [1.82, 2.24) is 5.32 Å². The summed E-state index contributed by atoms with van der Waals surface area (Å²) in [5, 5.41) is 16.0. The Morgan fingerprint density at radius 3 is 2.68 bits per heavy atom. The van der Waals surface area contributed by atoms with Gasteiger partial charge in [-0.3, -0.25) is 14.9 Å². The van der Waals surface area contributed by atoms with Gasteiger partial charge in [-0.2, -0.15) is 0 Å². The van der Waals surface area contributed by atoms with Gasteiger partial charge in [-0.25, -0.2) is 4.39 Å². The van der Waals surface area contributed by atoms with Gasteiger partial charge < -0.3 is 10.6 Å². The van der Waals surface area contributed by atoms with Crippen LogP contribution in [-0.4, -0.2) is 23.4 Å². The number of benzene rings is 1. The van der Waals surface area contributed by atoms with Crippen molar-refractivity contribution in [3.8, 4) is 0 Å². The molecule has 1 aromatic rings. The molecule has 1 amide bonds. The topological polar surface area (TPSA) is 84.3 Å². The van der Waals surface area contributed by atoms with Gasteiger partial charge >= 0.3 is 0 Å². The van der Waals surface area contributed by atoms with Gasteiger partial charge in [-0.15, -0.1) is 0 Å². The van der Waals surface area contributed by atoms with Crippen molar-refractivity contribution in [2.24, 2.45) is 0 Å². The summed E-state index contributed by atoms with van der Waals surface area (Å²) in [4.78, 5) is 21.5. The van der Waals surface area contributed by atoms with Gasteiger partial charge in [-0.05, 0) is 35.8 Å². The maximum atomic E-state index is 13.2. The van der Waals surface area contributed by atoms with Crippen LogP contribution in [0.25, 0.3) is 0 Å². The van der Waals surface area contributed by atoms with Crippen LogP contribution in [-0.2, 0) is 4.79 Å². The standard InChI is InChI=1S/C11H13BrFN3O3/c1-6(2)15-11(17)5-14-9-3-7(12)8(13)4-10(9)16(18)19/h3-4,6,14H,5H2,1-2H3,(H,15,17). The minimum Gasteiger partial charge on any atom is -0.371 e. The number of rotatable bonds is 5. The third-order valence-electron chi connectivity index (χ3n) is 2.12. The van der Waals surface area contributed by atoms with E-state index in [1.54, 1.807) is 13.8 Å². The zero-order valence-corrected chi connectivity index (χ0v) is 12.0. The Morgan fingerprint density at radius 1 is 1.53 bits per heavy atom. The van der Waals surface area contributed by atoms with Crippen LogP contribution in [0.5, 0.6) is 0 Å². The first-order chi connectivity index (χ1) is 8.81. The summed E-state index contributed by atoms with van der Waals surface area (Å²) in [6.45, 7) is 3.47. The lowest BCUT2D eigenvalue weighted by atomic mass is 10.2. The number of carbonyl (C=O) groups is 1. The molecule has 0 spiro atoms. The molecule has 0 unspecified atom stereocenters. The molecular weight excluding hydrogens is 321 g/mol. The number of amides is 1. The quantitative estimate of drug-likeness (QED) is 0.640. The Labute approximate surface area is 117 Å². The van der Waals surface area contributed by atoms with Crippen LogP contribution < -0.4 is 10.6 Å². The van der Waals surface area contributed by atoms with Crippen molar-refractivity contribution in [3.63, 3.8) is 0 Å². The zero-order chi connectivity index (χ0) is 14.6. The Hall–Kier alpha value is -1.70. The first kappa shape index (κ1) is 15.4. The minimum atomic E-state index is -0.733. The van der Waals surface area contributed by atoms with Crippen molar-refractivity contribution < 1.29 is 14.1 Å². The summed E-state index contributed by atoms with van der Waals surface area (Å²) in [6.07, 6.45) is 0. The number of carbonyl (C=O) groups excluding carboxylic acids is 1. The third-order valence-corrected chi connectivity index (χ3v) is 2.73. The number of nitro groups is 1. The van der Waals surface area contributed by atoms with Gasteiger partial charge in [0, 0.05) is 6.04 Å². The number of hydrogen-bond donors (Lipinski definition) is 2. The SMILES string of the molecule is CC(C)NC(=O)CNc1cc(Br)c(F)cc1[N+](=O)[O-]. The molecule has 19 heavy (non-hydrogen) atoms. The molecule has 0 saturated heterocycles. The van der Waals surface area contributed by atoms with E-state index in [-0.39, 0.29) is 28.7 Å². The molecular formula is C11H13BrFN3O3. The fourth-order valence-corrected chi connectivity index (χ4v) is 1.72. The summed E-state index contributed by atoms with van der Waals surface area (Å²) in [5.74, 6) is -1.03. The van der Waals surface area contributed by atoms with Crippen molar-refractivity contribution in [1.29, 1.82) is 0 Å². The maximum absolute atomic E-state index is 13.2. The second kappa shape index (κ2) is 6.46. The summed E-state index contributed by atoms with van der Waals surface area (Å²) in [5.41, 5.74) is -0.338. The normalized spacial score (nSPS) is 10.4. The van der Waals surface area contributed by atoms with Crippen molar-refractivity contribution in [3.05, 3.63) is 32.5 Å². The van der Waals surface area contributed by atoms with Crippen LogP contribution in [0.15, 0.2) is 16.6 Å². The van der Waals surface area contributed by atoms with E-state index in [9.17, 15) is 19.3 Å². The van der Waals surface area contributed by atoms with E-state index in [1.165, 1.54) is 6.07 Å². The summed E-state index contributed by atoms with van der Waals surface area (Å²) in [7, 11) is 0. The number of nitrogens with zero attached hydrogens (tertiary/aromatic N) is 1. The highest BCUT2D eigenvalue weighted by Gasteiger charge is 2.18. The van der Waals surface area contributed by atoms with Gasteiger partial charge in [0.05, 0.1) is 22.0 Å². The highest BCUT2D eigenvalue weighted by Crippen LogP contribution is 2.30. The molecule has 6 nitrogen and oxygen atoms in total. The lowest BCUT2D eigenvalue weighted by molar-refractivity contribution is -0.384. The van der Waals surface area contributed by atoms with Gasteiger partial charge in [-0.1, -0.05) is 0 Å². The highest BCUT2D eigenvalue weighted by atomic mass is 79.9. The molecule has 104 valence electrons. The lowest BCUT2D eigenvalue weighted by Gasteiger charge is -2.10. The first-order valence-electron chi connectivity index (χ1n) is 5.48. The fourth-order valence-electron chi connectivity index (χ4n) is 1.38. The van der Waals surface area contributed by atoms with E-state index in [0.717, 1.165) is 6.07 Å². The predicted molar refractivity (Wildman–Crippen MR) is 72.5 cm³/mol. The van der Waals surface area contributed by atoms with Crippen LogP contribution >= 0.6 is 15.9 Å². The van der Waals surface area contributed by atoms with E-state index in [4.69, 9.17) is 0 Å². The molecule has 0 aliphatic heterocycles. The molecule has 0 bridgehead atoms. The van der Waals surface area contributed by atoms with Crippen LogP contribution in [0.3, 0.4) is 0 Å². The molecule has 0 atom stereocenters. The Balaban J connectivity index is 2.85. The van der Waals surface area contributed by atoms with Crippen LogP contribution in [0.1, 0.15) is 13.8 Å². The Kier molecular flexibility index (Phi) is 5.22. The van der Waals surface area contributed by atoms with Crippen molar-refractivity contribution in [2.45, 2.75) is 19.9 Å². The van der Waals surface area contributed by atoms with Gasteiger partial charge in [0.1, 0.15) is 11.5 Å². The van der Waals surface area contributed by atoms with E-state index in [0.29, 0.717) is 0 Å². The van der Waals surface area contributed by atoms with Crippen molar-refractivity contribution in [2.75, 3.05) is 11.9 Å². The smallest absolute Gasteiger partial charge is 0.295 e. The molecule has 0 aromatic heterocycles. The summed E-state index contributed by atoms with van der Waals surface area (Å²) in [6, 6.07) is 2.01. The number of nitrogens with one attached hydrogen (secondary N) is 2. The Morgan fingerprint density at radius 2 is 2.16 bits per heavy atom. The van der Waals surface area contributed by atoms with Crippen LogP contribution in [0.4, 0.5) is 15.8 Å². The number of anilines is 1. The van der Waals surface area contributed by atoms with Gasteiger partial charge in [0.2, 0.25) is 5.91 Å². The van der Waals surface area contributed by atoms with E-state index in [1.807, 2.05) is 0 Å². The fraction of sp³-hybridized carbons (Fsp3) is 0.364. The van der Waals surface area contributed by atoms with Crippen molar-refractivity contribution >= 4 is 33.2 Å². The molecule has 0 radical (unpaired) electrons. The highest BCUT2D eigenvalue weighted by molar-refractivity contribution is 9.10. The van der Waals surface area contributed by atoms with Gasteiger partial charge in [0.15, 0.2) is 0 Å². The molecule has 0 aliphatic rings.